The van der Waals surface area contributed by atoms with Gasteiger partial charge in [0.1, 0.15) is 4.33 Å². The Labute approximate surface area is 119 Å². The highest BCUT2D eigenvalue weighted by Gasteiger charge is 2.56. The van der Waals surface area contributed by atoms with E-state index >= 15 is 0 Å². The van der Waals surface area contributed by atoms with Crippen molar-refractivity contribution in [2.24, 2.45) is 13.0 Å². The lowest BCUT2D eigenvalue weighted by atomic mass is 10.2. The fourth-order valence-corrected chi connectivity index (χ4v) is 2.61. The fourth-order valence-electron chi connectivity index (χ4n) is 2.10. The first-order chi connectivity index (χ1) is 8.88. The molecule has 19 heavy (non-hydrogen) atoms. The van der Waals surface area contributed by atoms with Crippen LogP contribution in [0.3, 0.4) is 0 Å². The molecule has 2 heterocycles. The van der Waals surface area contributed by atoms with E-state index in [9.17, 15) is 4.79 Å². The van der Waals surface area contributed by atoms with Crippen molar-refractivity contribution in [3.05, 3.63) is 18.0 Å². The Bertz CT molecular complexity index is 680. The smallest absolute Gasteiger partial charge is 0.230 e. The first kappa shape index (κ1) is 12.7. The number of alkyl halides is 2. The van der Waals surface area contributed by atoms with Crippen molar-refractivity contribution in [2.45, 2.75) is 17.7 Å². The van der Waals surface area contributed by atoms with E-state index in [2.05, 4.69) is 15.4 Å². The van der Waals surface area contributed by atoms with Gasteiger partial charge in [-0.2, -0.15) is 5.10 Å². The molecule has 7 heteroatoms. The number of halogens is 2. The first-order valence-corrected chi connectivity index (χ1v) is 6.62. The Kier molecular flexibility index (Phi) is 2.73. The lowest BCUT2D eigenvalue weighted by molar-refractivity contribution is -0.117. The summed E-state index contributed by atoms with van der Waals surface area (Å²) in [7, 11) is 1.83. The second-order valence-electron chi connectivity index (χ2n) is 4.81. The van der Waals surface area contributed by atoms with Crippen molar-refractivity contribution in [3.8, 4) is 0 Å². The molecular weight excluding hydrogens is 287 g/mol. The van der Waals surface area contributed by atoms with E-state index < -0.39 is 4.33 Å². The Morgan fingerprint density at radius 2 is 2.26 bits per heavy atom. The molecule has 0 bridgehead atoms. The van der Waals surface area contributed by atoms with Crippen molar-refractivity contribution in [1.82, 2.24) is 14.8 Å². The van der Waals surface area contributed by atoms with Crippen LogP contribution in [-0.4, -0.2) is 25.0 Å². The highest BCUT2D eigenvalue weighted by Crippen LogP contribution is 2.53. The molecule has 0 radical (unpaired) electrons. The van der Waals surface area contributed by atoms with Gasteiger partial charge in [0.25, 0.3) is 0 Å². The molecule has 0 aliphatic heterocycles. The topological polar surface area (TPSA) is 59.8 Å². The SMILES string of the molecule is Cc1nn(C)c2ncc(NC(=O)C3CC3(Cl)Cl)cc12. The number of hydrogen-bond acceptors (Lipinski definition) is 3. The molecule has 0 saturated heterocycles. The van der Waals surface area contributed by atoms with Gasteiger partial charge in [0.2, 0.25) is 5.91 Å². The molecule has 1 unspecified atom stereocenters. The standard InChI is InChI=1S/C12H12Cl2N4O/c1-6-8-3-7(5-15-10(8)18(2)17-6)16-11(19)9-4-12(9,13)14/h3,5,9H,4H2,1-2H3,(H,16,19). The fraction of sp³-hybridized carbons (Fsp3) is 0.417. The molecule has 2 aromatic rings. The average Bonchev–Trinajstić information content (AvgIpc) is 2.88. The van der Waals surface area contributed by atoms with Crippen molar-refractivity contribution >= 4 is 45.8 Å². The van der Waals surface area contributed by atoms with Crippen molar-refractivity contribution in [3.63, 3.8) is 0 Å². The number of rotatable bonds is 2. The zero-order valence-corrected chi connectivity index (χ0v) is 12.0. The van der Waals surface area contributed by atoms with Crippen molar-refractivity contribution in [1.29, 1.82) is 0 Å². The molecule has 100 valence electrons. The molecule has 1 amide bonds. The number of amides is 1. The van der Waals surface area contributed by atoms with E-state index in [0.29, 0.717) is 12.1 Å². The van der Waals surface area contributed by atoms with E-state index in [4.69, 9.17) is 23.2 Å². The molecule has 1 fully saturated rings. The minimum atomic E-state index is -0.911. The van der Waals surface area contributed by atoms with Crippen LogP contribution in [0.25, 0.3) is 11.0 Å². The van der Waals surface area contributed by atoms with Crippen LogP contribution >= 0.6 is 23.2 Å². The van der Waals surface area contributed by atoms with Crippen molar-refractivity contribution < 1.29 is 4.79 Å². The summed E-state index contributed by atoms with van der Waals surface area (Å²) in [5.41, 5.74) is 2.28. The number of aromatic nitrogens is 3. The van der Waals surface area contributed by atoms with Gasteiger partial charge in [-0.25, -0.2) is 4.98 Å². The molecular formula is C12H12Cl2N4O. The van der Waals surface area contributed by atoms with Gasteiger partial charge in [0.15, 0.2) is 5.65 Å². The number of pyridine rings is 1. The third-order valence-corrected chi connectivity index (χ3v) is 4.11. The van der Waals surface area contributed by atoms with E-state index in [1.807, 2.05) is 20.0 Å². The van der Waals surface area contributed by atoms with Gasteiger partial charge in [-0.3, -0.25) is 9.48 Å². The summed E-state index contributed by atoms with van der Waals surface area (Å²) in [5, 5.41) is 7.98. The van der Waals surface area contributed by atoms with E-state index in [-0.39, 0.29) is 11.8 Å². The lowest BCUT2D eigenvalue weighted by Gasteiger charge is -2.05. The molecule has 0 aromatic carbocycles. The summed E-state index contributed by atoms with van der Waals surface area (Å²) in [5.74, 6) is -0.519. The highest BCUT2D eigenvalue weighted by molar-refractivity contribution is 6.52. The minimum absolute atomic E-state index is 0.173. The molecule has 1 aliphatic rings. The Morgan fingerprint density at radius 3 is 2.89 bits per heavy atom. The van der Waals surface area contributed by atoms with Gasteiger partial charge >= 0.3 is 0 Å². The van der Waals surface area contributed by atoms with E-state index in [1.165, 1.54) is 0 Å². The van der Waals surface area contributed by atoms with Gasteiger partial charge in [0.05, 0.1) is 23.5 Å². The number of aryl methyl sites for hydroxylation is 2. The van der Waals surface area contributed by atoms with Crippen LogP contribution in [-0.2, 0) is 11.8 Å². The predicted molar refractivity (Wildman–Crippen MR) is 74.4 cm³/mol. The van der Waals surface area contributed by atoms with Crippen LogP contribution in [0.4, 0.5) is 5.69 Å². The third-order valence-electron chi connectivity index (χ3n) is 3.27. The monoisotopic (exact) mass is 298 g/mol. The number of nitrogens with zero attached hydrogens (tertiary/aromatic N) is 3. The van der Waals surface area contributed by atoms with Gasteiger partial charge in [0, 0.05) is 12.4 Å². The first-order valence-electron chi connectivity index (χ1n) is 5.86. The number of anilines is 1. The molecule has 5 nitrogen and oxygen atoms in total. The van der Waals surface area contributed by atoms with Crippen LogP contribution in [0, 0.1) is 12.8 Å². The van der Waals surface area contributed by atoms with Gasteiger partial charge in [-0.1, -0.05) is 0 Å². The van der Waals surface area contributed by atoms with Crippen LogP contribution in [0.5, 0.6) is 0 Å². The molecule has 2 aromatic heterocycles. The number of fused-ring (bicyclic) bond motifs is 1. The number of nitrogens with one attached hydrogen (secondary N) is 1. The second kappa shape index (κ2) is 4.08. The normalized spacial score (nSPS) is 20.5. The summed E-state index contributed by atoms with van der Waals surface area (Å²) >= 11 is 11.7. The third kappa shape index (κ3) is 2.17. The minimum Gasteiger partial charge on any atom is -0.324 e. The van der Waals surface area contributed by atoms with Crippen molar-refractivity contribution in [2.75, 3.05) is 5.32 Å². The summed E-state index contributed by atoms with van der Waals surface area (Å²) in [4.78, 5) is 16.2. The number of carbonyl (C=O) groups is 1. The zero-order chi connectivity index (χ0) is 13.8. The average molecular weight is 299 g/mol. The molecule has 3 rings (SSSR count). The Balaban J connectivity index is 1.86. The Hall–Kier alpha value is -1.33. The molecule has 0 spiro atoms. The summed E-state index contributed by atoms with van der Waals surface area (Å²) in [6.07, 6.45) is 2.09. The van der Waals surface area contributed by atoms with Gasteiger partial charge < -0.3 is 5.32 Å². The number of carbonyl (C=O) groups excluding carboxylic acids is 1. The maximum atomic E-state index is 11.9. The number of hydrogen-bond donors (Lipinski definition) is 1. The maximum Gasteiger partial charge on any atom is 0.230 e. The molecule has 1 N–H and O–H groups in total. The van der Waals surface area contributed by atoms with Crippen LogP contribution in [0.1, 0.15) is 12.1 Å². The molecule has 1 atom stereocenters. The lowest BCUT2D eigenvalue weighted by Crippen LogP contribution is -2.16. The summed E-state index contributed by atoms with van der Waals surface area (Å²) < 4.78 is 0.797. The van der Waals surface area contributed by atoms with Crippen LogP contribution in [0.15, 0.2) is 12.3 Å². The molecule has 1 saturated carbocycles. The van der Waals surface area contributed by atoms with Gasteiger partial charge in [-0.05, 0) is 19.4 Å². The largest absolute Gasteiger partial charge is 0.324 e. The van der Waals surface area contributed by atoms with Crippen LogP contribution in [0.2, 0.25) is 0 Å². The zero-order valence-electron chi connectivity index (χ0n) is 10.4. The van der Waals surface area contributed by atoms with E-state index in [1.54, 1.807) is 10.9 Å². The quantitative estimate of drug-likeness (QED) is 0.866. The second-order valence-corrected chi connectivity index (χ2v) is 6.35. The van der Waals surface area contributed by atoms with Crippen LogP contribution < -0.4 is 5.32 Å². The summed E-state index contributed by atoms with van der Waals surface area (Å²) in [6, 6.07) is 1.86. The van der Waals surface area contributed by atoms with E-state index in [0.717, 1.165) is 16.7 Å². The predicted octanol–water partition coefficient (Wildman–Crippen LogP) is 2.41. The maximum absolute atomic E-state index is 11.9. The molecule has 1 aliphatic carbocycles. The van der Waals surface area contributed by atoms with Gasteiger partial charge in [-0.15, -0.1) is 23.2 Å². The Morgan fingerprint density at radius 1 is 1.58 bits per heavy atom. The highest BCUT2D eigenvalue weighted by atomic mass is 35.5. The summed E-state index contributed by atoms with van der Waals surface area (Å²) in [6.45, 7) is 1.90.